The minimum absolute atomic E-state index is 0.0164. The van der Waals surface area contributed by atoms with Crippen molar-refractivity contribution in [2.75, 3.05) is 12.9 Å². The molecule has 15 heteroatoms. The van der Waals surface area contributed by atoms with Gasteiger partial charge in [0.25, 0.3) is 11.8 Å². The van der Waals surface area contributed by atoms with Crippen LogP contribution in [0, 0.1) is 20.8 Å². The summed E-state index contributed by atoms with van der Waals surface area (Å²) in [4.78, 5) is 71.8. The van der Waals surface area contributed by atoms with Crippen LogP contribution in [0.2, 0.25) is 0 Å². The highest BCUT2D eigenvalue weighted by Crippen LogP contribution is 2.49. The Morgan fingerprint density at radius 3 is 1.86 bits per heavy atom. The number of primary amides is 1. The van der Waals surface area contributed by atoms with E-state index in [9.17, 15) is 24.0 Å². The molecule has 1 aromatic heterocycles. The number of thioether (sulfide) groups is 1. The number of aliphatic imine (C=N–C) groups is 1. The molecule has 0 bridgehead atoms. The molecule has 1 saturated heterocycles. The molecule has 6 rings (SSSR count). The molecule has 4 atom stereocenters. The predicted molar refractivity (Wildman–Crippen MR) is 216 cm³/mol. The van der Waals surface area contributed by atoms with E-state index in [-0.39, 0.29) is 38.9 Å². The molecule has 2 unspecified atom stereocenters. The summed E-state index contributed by atoms with van der Waals surface area (Å²) < 4.78 is 24.8. The lowest BCUT2D eigenvalue weighted by Crippen LogP contribution is -2.49. The zero-order chi connectivity index (χ0) is 41.6. The Morgan fingerprint density at radius 2 is 1.33 bits per heavy atom. The Bertz CT molecular complexity index is 2350. The number of carbonyl (C=O) groups excluding carboxylic acids is 5. The van der Waals surface area contributed by atoms with Crippen molar-refractivity contribution in [3.63, 3.8) is 0 Å². The van der Waals surface area contributed by atoms with Gasteiger partial charge in [-0.05, 0) is 82.5 Å². The number of aromatic amines is 1. The van der Waals surface area contributed by atoms with Crippen molar-refractivity contribution >= 4 is 52.3 Å². The van der Waals surface area contributed by atoms with Crippen LogP contribution >= 0.6 is 11.8 Å². The monoisotopic (exact) mass is 803 g/mol. The molecule has 58 heavy (non-hydrogen) atoms. The maximum atomic E-state index is 14.0. The highest BCUT2D eigenvalue weighted by Gasteiger charge is 2.61. The molecule has 5 aromatic rings. The van der Waals surface area contributed by atoms with E-state index in [4.69, 9.17) is 24.7 Å². The van der Waals surface area contributed by atoms with Crippen molar-refractivity contribution in [1.82, 2.24) is 15.5 Å². The van der Waals surface area contributed by atoms with Gasteiger partial charge in [-0.2, -0.15) is 5.10 Å². The number of H-pyrrole nitrogens is 1. The van der Waals surface area contributed by atoms with Crippen LogP contribution in [0.15, 0.2) is 108 Å². The number of nitrogens with two attached hydrogens (primary N) is 1. The molecule has 4 N–H and O–H groups in total. The maximum Gasteiger partial charge on any atom is 0.338 e. The van der Waals surface area contributed by atoms with E-state index in [1.54, 1.807) is 109 Å². The summed E-state index contributed by atoms with van der Waals surface area (Å²) in [6, 6.07) is 28.4. The van der Waals surface area contributed by atoms with Gasteiger partial charge in [0, 0.05) is 5.56 Å². The number of amidine groups is 1. The second-order valence-electron chi connectivity index (χ2n) is 13.8. The number of ether oxygens (including phenoxy) is 4. The van der Waals surface area contributed by atoms with Crippen molar-refractivity contribution in [3.8, 4) is 0 Å². The van der Waals surface area contributed by atoms with E-state index >= 15 is 0 Å². The first-order valence-electron chi connectivity index (χ1n) is 18.1. The quantitative estimate of drug-likeness (QED) is 0.0581. The van der Waals surface area contributed by atoms with Crippen molar-refractivity contribution < 1.29 is 42.9 Å². The number of benzene rings is 4. The predicted octanol–water partition coefficient (Wildman–Crippen LogP) is 6.35. The van der Waals surface area contributed by atoms with E-state index in [0.29, 0.717) is 5.56 Å². The van der Waals surface area contributed by atoms with Crippen LogP contribution in [0.5, 0.6) is 0 Å². The van der Waals surface area contributed by atoms with Crippen molar-refractivity contribution in [2.24, 2.45) is 10.7 Å². The third-order valence-electron chi connectivity index (χ3n) is 9.45. The second kappa shape index (κ2) is 17.7. The molecular formula is C43H41N5O9S. The number of aryl methyl sites for hydroxylation is 3. The number of amides is 2. The molecule has 4 aromatic carbocycles. The maximum absolute atomic E-state index is 14.0. The third kappa shape index (κ3) is 9.17. The van der Waals surface area contributed by atoms with Gasteiger partial charge in [-0.1, -0.05) is 83.0 Å². The van der Waals surface area contributed by atoms with E-state index in [1.165, 1.54) is 6.92 Å². The summed E-state index contributed by atoms with van der Waals surface area (Å²) in [5, 5.41) is 9.70. The summed E-state index contributed by atoms with van der Waals surface area (Å²) in [7, 11) is 0. The molecule has 2 amide bonds. The van der Waals surface area contributed by atoms with Gasteiger partial charge < -0.3 is 30.0 Å². The van der Waals surface area contributed by atoms with E-state index in [0.717, 1.165) is 28.5 Å². The van der Waals surface area contributed by atoms with Gasteiger partial charge in [0.2, 0.25) is 0 Å². The highest BCUT2D eigenvalue weighted by molar-refractivity contribution is 8.13. The van der Waals surface area contributed by atoms with E-state index < -0.39 is 60.2 Å². The highest BCUT2D eigenvalue weighted by atomic mass is 32.2. The third-order valence-corrected chi connectivity index (χ3v) is 10.0. The summed E-state index contributed by atoms with van der Waals surface area (Å²) in [5.41, 5.74) is 7.08. The van der Waals surface area contributed by atoms with Crippen molar-refractivity contribution in [3.05, 3.63) is 153 Å². The van der Waals surface area contributed by atoms with Crippen LogP contribution in [-0.4, -0.2) is 75.8 Å². The van der Waals surface area contributed by atoms with Gasteiger partial charge in [-0.3, -0.25) is 14.7 Å². The van der Waals surface area contributed by atoms with Gasteiger partial charge in [0.15, 0.2) is 22.6 Å². The standard InChI is InChI=1S/C43H41N5O9S/c1-24-11-17-28(18-12-24)39(51)54-23-31-35(56-40(52)29-19-13-25(2)14-20-29)43(4,57-41(53)30-21-15-26(3)16-22-30)36(55-31)33-32(34(37(44)49)48-47-33)45-42(58-5)46-38(50)27-9-7-6-8-10-27/h6-22,31,35-36H,23H2,1-5H3,(H2,44,49)(H,47,48)(H,45,46,50)/t31?,35-,36?,43-/m1/s1. The minimum atomic E-state index is -1.93. The summed E-state index contributed by atoms with van der Waals surface area (Å²) in [6.07, 6.45) is -2.47. The van der Waals surface area contributed by atoms with E-state index in [2.05, 4.69) is 20.5 Å². The largest absolute Gasteiger partial charge is 0.459 e. The lowest BCUT2D eigenvalue weighted by Gasteiger charge is -2.34. The molecule has 1 aliphatic heterocycles. The number of hydrogen-bond donors (Lipinski definition) is 3. The summed E-state index contributed by atoms with van der Waals surface area (Å²) >= 11 is 1.06. The van der Waals surface area contributed by atoms with Gasteiger partial charge >= 0.3 is 17.9 Å². The first-order chi connectivity index (χ1) is 27.8. The molecule has 14 nitrogen and oxygen atoms in total. The number of carbonyl (C=O) groups is 5. The van der Waals surface area contributed by atoms with Gasteiger partial charge in [0.05, 0.1) is 22.4 Å². The molecule has 0 saturated carbocycles. The van der Waals surface area contributed by atoms with Gasteiger partial charge in [-0.25, -0.2) is 19.4 Å². The van der Waals surface area contributed by atoms with E-state index in [1.807, 2.05) is 20.8 Å². The fourth-order valence-corrected chi connectivity index (χ4v) is 6.62. The average molecular weight is 804 g/mol. The Kier molecular flexibility index (Phi) is 12.5. The first-order valence-corrected chi connectivity index (χ1v) is 19.3. The Labute approximate surface area is 338 Å². The number of esters is 3. The molecule has 1 fully saturated rings. The second-order valence-corrected chi connectivity index (χ2v) is 14.6. The molecule has 2 heterocycles. The number of hydrogen-bond acceptors (Lipinski definition) is 12. The SMILES string of the molecule is CSC(=Nc1c(C(N)=O)n[nH]c1C1OC(COC(=O)c2ccc(C)cc2)[C@@H](OC(=O)c2ccc(C)cc2)[C@@]1(C)OC(=O)c1ccc(C)cc1)NC(=O)c1ccccc1. The van der Waals surface area contributed by atoms with Crippen LogP contribution in [0.1, 0.15) is 87.3 Å². The minimum Gasteiger partial charge on any atom is -0.459 e. The van der Waals surface area contributed by atoms with Crippen LogP contribution in [0.4, 0.5) is 5.69 Å². The zero-order valence-corrected chi connectivity index (χ0v) is 33.1. The number of nitrogens with one attached hydrogen (secondary N) is 2. The molecule has 0 spiro atoms. The number of nitrogens with zero attached hydrogens (tertiary/aromatic N) is 2. The van der Waals surface area contributed by atoms with Crippen LogP contribution in [-0.2, 0) is 18.9 Å². The smallest absolute Gasteiger partial charge is 0.338 e. The molecule has 1 aliphatic rings. The fraction of sp³-hybridized carbons (Fsp3) is 0.233. The first kappa shape index (κ1) is 41.1. The molecule has 0 radical (unpaired) electrons. The molecular weight excluding hydrogens is 763 g/mol. The van der Waals surface area contributed by atoms with Crippen molar-refractivity contribution in [1.29, 1.82) is 0 Å². The average Bonchev–Trinajstić information content (AvgIpc) is 3.74. The van der Waals surface area contributed by atoms with Crippen LogP contribution in [0.25, 0.3) is 0 Å². The Hall–Kier alpha value is -6.58. The Balaban J connectivity index is 1.45. The lowest BCUT2D eigenvalue weighted by atomic mass is 9.89. The van der Waals surface area contributed by atoms with Crippen LogP contribution in [0.3, 0.4) is 0 Å². The fourth-order valence-electron chi connectivity index (χ4n) is 6.24. The summed E-state index contributed by atoms with van der Waals surface area (Å²) in [5.74, 6) is -3.72. The zero-order valence-electron chi connectivity index (χ0n) is 32.3. The molecule has 298 valence electrons. The van der Waals surface area contributed by atoms with Gasteiger partial charge in [0.1, 0.15) is 24.5 Å². The topological polar surface area (TPSA) is 201 Å². The lowest BCUT2D eigenvalue weighted by molar-refractivity contribution is -0.0895. The van der Waals surface area contributed by atoms with Crippen molar-refractivity contribution in [2.45, 2.75) is 51.6 Å². The van der Waals surface area contributed by atoms with Crippen LogP contribution < -0.4 is 11.1 Å². The molecule has 0 aliphatic carbocycles. The normalized spacial score (nSPS) is 18.9. The summed E-state index contributed by atoms with van der Waals surface area (Å²) in [6.45, 7) is 6.63. The Morgan fingerprint density at radius 1 is 0.793 bits per heavy atom. The number of aromatic nitrogens is 2. The van der Waals surface area contributed by atoms with Gasteiger partial charge in [-0.15, -0.1) is 0 Å². The number of rotatable bonds is 11.